The molecule has 1 heterocycles. The summed E-state index contributed by atoms with van der Waals surface area (Å²) in [5.74, 6) is -0.212. The predicted octanol–water partition coefficient (Wildman–Crippen LogP) is 5.44. The Hall–Kier alpha value is -2.20. The summed E-state index contributed by atoms with van der Waals surface area (Å²) in [6, 6.07) is 16.9. The van der Waals surface area contributed by atoms with Gasteiger partial charge in [0, 0.05) is 16.4 Å². The Labute approximate surface area is 137 Å². The molecule has 0 aliphatic heterocycles. The number of aliphatic imine (C=N–C) groups is 1. The third-order valence-electron chi connectivity index (χ3n) is 3.35. The van der Waals surface area contributed by atoms with Gasteiger partial charge < -0.3 is 4.57 Å². The summed E-state index contributed by atoms with van der Waals surface area (Å²) < 4.78 is 16.3. The molecule has 2 aromatic carbocycles. The molecule has 0 amide bonds. The summed E-state index contributed by atoms with van der Waals surface area (Å²) >= 11 is 3.48. The lowest BCUT2D eigenvalue weighted by Crippen LogP contribution is -1.97. The highest BCUT2D eigenvalue weighted by Crippen LogP contribution is 2.19. The number of aryl methyl sites for hydroxylation is 1. The predicted molar refractivity (Wildman–Crippen MR) is 91.9 cm³/mol. The number of halogens is 2. The summed E-state index contributed by atoms with van der Waals surface area (Å²) in [5.41, 5.74) is 3.34. The van der Waals surface area contributed by atoms with Crippen LogP contribution in [0.4, 0.5) is 10.1 Å². The van der Waals surface area contributed by atoms with Gasteiger partial charge in [0.05, 0.1) is 17.6 Å². The standard InChI is InChI=1S/C18H14BrFN2/c1-13-10-15(7-8-18(13)20)21-12-17-6-3-9-22(17)16-5-2-4-14(19)11-16/h2-12H,1H3. The number of hydrogen-bond acceptors (Lipinski definition) is 1. The van der Waals surface area contributed by atoms with Crippen LogP contribution in [0.5, 0.6) is 0 Å². The maximum absolute atomic E-state index is 13.3. The molecule has 110 valence electrons. The van der Waals surface area contributed by atoms with Gasteiger partial charge in [0.1, 0.15) is 5.82 Å². The van der Waals surface area contributed by atoms with Crippen LogP contribution in [-0.4, -0.2) is 10.8 Å². The fraction of sp³-hybridized carbons (Fsp3) is 0.0556. The van der Waals surface area contributed by atoms with Gasteiger partial charge in [-0.1, -0.05) is 22.0 Å². The maximum atomic E-state index is 13.3. The summed E-state index contributed by atoms with van der Waals surface area (Å²) in [7, 11) is 0. The fourth-order valence-corrected chi connectivity index (χ4v) is 2.60. The van der Waals surface area contributed by atoms with Crippen molar-refractivity contribution in [3.63, 3.8) is 0 Å². The van der Waals surface area contributed by atoms with Crippen LogP contribution in [0, 0.1) is 12.7 Å². The molecular weight excluding hydrogens is 343 g/mol. The number of benzene rings is 2. The van der Waals surface area contributed by atoms with Crippen LogP contribution < -0.4 is 0 Å². The molecule has 0 spiro atoms. The van der Waals surface area contributed by atoms with Crippen molar-refractivity contribution in [1.82, 2.24) is 4.57 Å². The van der Waals surface area contributed by atoms with E-state index in [4.69, 9.17) is 0 Å². The van der Waals surface area contributed by atoms with Gasteiger partial charge in [-0.15, -0.1) is 0 Å². The molecule has 0 bridgehead atoms. The number of rotatable bonds is 3. The molecular formula is C18H14BrFN2. The van der Waals surface area contributed by atoms with Gasteiger partial charge in [0.25, 0.3) is 0 Å². The van der Waals surface area contributed by atoms with Gasteiger partial charge in [-0.05, 0) is 61.0 Å². The highest BCUT2D eigenvalue weighted by Gasteiger charge is 2.02. The lowest BCUT2D eigenvalue weighted by molar-refractivity contribution is 0.618. The van der Waals surface area contributed by atoms with E-state index in [-0.39, 0.29) is 5.82 Å². The molecule has 3 rings (SSSR count). The van der Waals surface area contributed by atoms with Crippen molar-refractivity contribution in [2.24, 2.45) is 4.99 Å². The lowest BCUT2D eigenvalue weighted by Gasteiger charge is -2.06. The average Bonchev–Trinajstić information content (AvgIpc) is 2.97. The summed E-state index contributed by atoms with van der Waals surface area (Å²) in [6.07, 6.45) is 3.77. The van der Waals surface area contributed by atoms with E-state index in [1.54, 1.807) is 25.3 Å². The summed E-state index contributed by atoms with van der Waals surface area (Å²) in [6.45, 7) is 1.73. The molecule has 0 aliphatic rings. The highest BCUT2D eigenvalue weighted by atomic mass is 79.9. The van der Waals surface area contributed by atoms with E-state index in [1.165, 1.54) is 6.07 Å². The van der Waals surface area contributed by atoms with Crippen molar-refractivity contribution in [3.05, 3.63) is 82.3 Å². The normalized spacial score (nSPS) is 11.2. The van der Waals surface area contributed by atoms with Gasteiger partial charge in [-0.25, -0.2) is 4.39 Å². The Morgan fingerprint density at radius 2 is 1.95 bits per heavy atom. The average molecular weight is 357 g/mol. The van der Waals surface area contributed by atoms with Gasteiger partial charge >= 0.3 is 0 Å². The number of aromatic nitrogens is 1. The molecule has 4 heteroatoms. The van der Waals surface area contributed by atoms with Crippen molar-refractivity contribution in [3.8, 4) is 5.69 Å². The summed E-state index contributed by atoms with van der Waals surface area (Å²) in [4.78, 5) is 4.44. The molecule has 0 unspecified atom stereocenters. The highest BCUT2D eigenvalue weighted by molar-refractivity contribution is 9.10. The molecule has 22 heavy (non-hydrogen) atoms. The van der Waals surface area contributed by atoms with Crippen LogP contribution >= 0.6 is 15.9 Å². The zero-order valence-corrected chi connectivity index (χ0v) is 13.6. The Bertz CT molecular complexity index is 837. The molecule has 0 radical (unpaired) electrons. The number of hydrogen-bond donors (Lipinski definition) is 0. The first-order valence-electron chi connectivity index (χ1n) is 6.87. The molecule has 1 aromatic heterocycles. The molecule has 0 N–H and O–H groups in total. The van der Waals surface area contributed by atoms with E-state index in [9.17, 15) is 4.39 Å². The quantitative estimate of drug-likeness (QED) is 0.556. The second-order valence-corrected chi connectivity index (χ2v) is 5.89. The largest absolute Gasteiger partial charge is 0.316 e. The SMILES string of the molecule is Cc1cc(N=Cc2cccn2-c2cccc(Br)c2)ccc1F. The topological polar surface area (TPSA) is 17.3 Å². The van der Waals surface area contributed by atoms with E-state index in [0.717, 1.165) is 21.5 Å². The van der Waals surface area contributed by atoms with Crippen LogP contribution in [-0.2, 0) is 0 Å². The first-order valence-corrected chi connectivity index (χ1v) is 7.66. The Balaban J connectivity index is 1.92. The zero-order valence-electron chi connectivity index (χ0n) is 12.0. The third kappa shape index (κ3) is 3.17. The fourth-order valence-electron chi connectivity index (χ4n) is 2.21. The molecule has 2 nitrogen and oxygen atoms in total. The molecule has 3 aromatic rings. The molecule has 0 aliphatic carbocycles. The molecule has 0 fully saturated rings. The van der Waals surface area contributed by atoms with Crippen LogP contribution in [0.25, 0.3) is 5.69 Å². The van der Waals surface area contributed by atoms with E-state index in [2.05, 4.69) is 20.9 Å². The number of nitrogens with zero attached hydrogens (tertiary/aromatic N) is 2. The van der Waals surface area contributed by atoms with E-state index < -0.39 is 0 Å². The van der Waals surface area contributed by atoms with E-state index in [1.807, 2.05) is 47.2 Å². The van der Waals surface area contributed by atoms with Crippen molar-refractivity contribution in [1.29, 1.82) is 0 Å². The monoisotopic (exact) mass is 356 g/mol. The smallest absolute Gasteiger partial charge is 0.126 e. The third-order valence-corrected chi connectivity index (χ3v) is 3.85. The van der Waals surface area contributed by atoms with Crippen LogP contribution in [0.1, 0.15) is 11.3 Å². The maximum Gasteiger partial charge on any atom is 0.126 e. The minimum absolute atomic E-state index is 0.212. The minimum Gasteiger partial charge on any atom is -0.316 e. The van der Waals surface area contributed by atoms with Crippen LogP contribution in [0.15, 0.2) is 70.3 Å². The van der Waals surface area contributed by atoms with Gasteiger partial charge in [-0.2, -0.15) is 0 Å². The van der Waals surface area contributed by atoms with Crippen LogP contribution in [0.3, 0.4) is 0 Å². The second-order valence-electron chi connectivity index (χ2n) is 4.97. The molecule has 0 saturated carbocycles. The summed E-state index contributed by atoms with van der Waals surface area (Å²) in [5, 5.41) is 0. The van der Waals surface area contributed by atoms with Gasteiger partial charge in [0.15, 0.2) is 0 Å². The molecule has 0 saturated heterocycles. The lowest BCUT2D eigenvalue weighted by atomic mass is 10.2. The molecule has 0 atom stereocenters. The van der Waals surface area contributed by atoms with Crippen molar-refractivity contribution < 1.29 is 4.39 Å². The van der Waals surface area contributed by atoms with Gasteiger partial charge in [-0.3, -0.25) is 4.99 Å². The first kappa shape index (κ1) is 14.7. The van der Waals surface area contributed by atoms with E-state index >= 15 is 0 Å². The zero-order chi connectivity index (χ0) is 15.5. The second kappa shape index (κ2) is 6.28. The van der Waals surface area contributed by atoms with Crippen LogP contribution in [0.2, 0.25) is 0 Å². The van der Waals surface area contributed by atoms with Crippen molar-refractivity contribution >= 4 is 27.8 Å². The first-order chi connectivity index (χ1) is 10.6. The van der Waals surface area contributed by atoms with E-state index in [0.29, 0.717) is 5.56 Å². The Morgan fingerprint density at radius 1 is 1.09 bits per heavy atom. The minimum atomic E-state index is -0.212. The Kier molecular flexibility index (Phi) is 4.20. The van der Waals surface area contributed by atoms with Crippen molar-refractivity contribution in [2.45, 2.75) is 6.92 Å². The Morgan fingerprint density at radius 3 is 2.73 bits per heavy atom. The van der Waals surface area contributed by atoms with Crippen molar-refractivity contribution in [2.75, 3.05) is 0 Å². The van der Waals surface area contributed by atoms with Gasteiger partial charge in [0.2, 0.25) is 0 Å².